The fourth-order valence-electron chi connectivity index (χ4n) is 5.34. The molecule has 0 aliphatic carbocycles. The molecule has 0 spiro atoms. The second-order valence-corrected chi connectivity index (χ2v) is 12.7. The zero-order valence-corrected chi connectivity index (χ0v) is 27.5. The number of hydrogen-bond acceptors (Lipinski definition) is 10. The van der Waals surface area contributed by atoms with Gasteiger partial charge in [-0.05, 0) is 71.4 Å². The molecule has 3 heterocycles. The van der Waals surface area contributed by atoms with Crippen LogP contribution in [0.15, 0.2) is 52.7 Å². The monoisotopic (exact) mass is 668 g/mol. The number of aromatic nitrogens is 3. The van der Waals surface area contributed by atoms with Gasteiger partial charge in [-0.25, -0.2) is 19.6 Å². The lowest BCUT2D eigenvalue weighted by Crippen LogP contribution is -2.34. The topological polar surface area (TPSA) is 146 Å². The number of fused-ring (bicyclic) bond motifs is 3. The van der Waals surface area contributed by atoms with Gasteiger partial charge in [0.2, 0.25) is 0 Å². The molecule has 0 saturated heterocycles. The first-order chi connectivity index (χ1) is 22.7. The minimum Gasteiger partial charge on any atom is -0.465 e. The van der Waals surface area contributed by atoms with Crippen LogP contribution in [0.5, 0.6) is 0 Å². The summed E-state index contributed by atoms with van der Waals surface area (Å²) in [4.78, 5) is 38.9. The molecular weight excluding hydrogens is 629 g/mol. The lowest BCUT2D eigenvalue weighted by Gasteiger charge is -2.20. The number of rotatable bonds is 13. The summed E-state index contributed by atoms with van der Waals surface area (Å²) in [6.07, 6.45) is -3.36. The van der Waals surface area contributed by atoms with Gasteiger partial charge < -0.3 is 30.0 Å². The molecule has 0 unspecified atom stereocenters. The second-order valence-electron chi connectivity index (χ2n) is 12.7. The number of carbonyl (C=O) groups is 2. The molecular formula is C33H39F3N8O4. The summed E-state index contributed by atoms with van der Waals surface area (Å²) in [6, 6.07) is 11.2. The number of nitrogens with zero attached hydrogens (tertiary/aromatic N) is 5. The van der Waals surface area contributed by atoms with Crippen molar-refractivity contribution in [2.45, 2.75) is 57.5 Å². The zero-order chi connectivity index (χ0) is 34.7. The molecule has 5 rings (SSSR count). The van der Waals surface area contributed by atoms with Crippen molar-refractivity contribution in [3.8, 4) is 0 Å². The van der Waals surface area contributed by atoms with E-state index in [4.69, 9.17) is 19.4 Å². The minimum absolute atomic E-state index is 0.0578. The van der Waals surface area contributed by atoms with E-state index in [0.29, 0.717) is 47.0 Å². The van der Waals surface area contributed by atoms with E-state index in [1.807, 2.05) is 27.8 Å². The molecule has 0 radical (unpaired) electrons. The number of esters is 1. The Kier molecular flexibility index (Phi) is 9.89. The van der Waals surface area contributed by atoms with E-state index in [9.17, 15) is 22.8 Å². The van der Waals surface area contributed by atoms with E-state index in [0.717, 1.165) is 36.7 Å². The van der Waals surface area contributed by atoms with Gasteiger partial charge in [-0.15, -0.1) is 10.2 Å². The van der Waals surface area contributed by atoms with Crippen LogP contribution in [0.1, 0.15) is 60.9 Å². The number of anilines is 1. The third-order valence-corrected chi connectivity index (χ3v) is 7.70. The molecule has 0 atom stereocenters. The van der Waals surface area contributed by atoms with E-state index in [-0.39, 0.29) is 12.0 Å². The molecule has 2 aromatic carbocycles. The van der Waals surface area contributed by atoms with Crippen LogP contribution in [0, 0.1) is 0 Å². The molecule has 3 N–H and O–H groups in total. The Balaban J connectivity index is 1.30. The van der Waals surface area contributed by atoms with Crippen molar-refractivity contribution in [1.82, 2.24) is 25.2 Å². The first-order valence-electron chi connectivity index (χ1n) is 15.6. The van der Waals surface area contributed by atoms with E-state index in [2.05, 4.69) is 30.7 Å². The molecule has 1 aliphatic rings. The van der Waals surface area contributed by atoms with Gasteiger partial charge in [0.25, 0.3) is 0 Å². The fraction of sp³-hybridized carbons (Fsp3) is 0.455. The van der Waals surface area contributed by atoms with Crippen molar-refractivity contribution in [3.05, 3.63) is 65.0 Å². The number of alkyl halides is 3. The number of aromatic amines is 1. The minimum atomic E-state index is -4.63. The number of ether oxygens (including phenoxy) is 2. The molecule has 12 nitrogen and oxygen atoms in total. The number of benzene rings is 2. The van der Waals surface area contributed by atoms with Crippen LogP contribution in [0.4, 0.5) is 23.8 Å². The van der Waals surface area contributed by atoms with Crippen molar-refractivity contribution in [3.63, 3.8) is 0 Å². The highest BCUT2D eigenvalue weighted by Gasteiger charge is 2.65. The number of alkyl carbamates (subject to hydrolysis) is 1. The van der Waals surface area contributed by atoms with Crippen molar-refractivity contribution < 1.29 is 32.2 Å². The third kappa shape index (κ3) is 8.01. The Bertz CT molecular complexity index is 1830. The molecule has 1 amide bonds. The maximum atomic E-state index is 13.6. The molecule has 1 aliphatic heterocycles. The standard InChI is InChI=1S/C33H39F3N8O4/c1-31(2,3)48-30(46)38-14-8-16-44(4)15-7-13-37-27-26-23-12-11-21(29(45)47-5)19-24(23)39-28(26)41-25(40-27)18-20-9-6-10-22(17-20)32(42-43-32)33(34,35)36/h6,9-12,17,19H,7-8,13-16,18H2,1-5H3,(H,38,46)(H2,37,39,40,41). The SMILES string of the molecule is COC(=O)c1ccc2c(c1)[nH]c1nc(Cc3cccc(C4(C(F)(F)F)N=N4)c3)nc(NCCCN(C)CCCNC(=O)OC(C)(C)C)c12. The van der Waals surface area contributed by atoms with Gasteiger partial charge >= 0.3 is 23.9 Å². The maximum Gasteiger partial charge on any atom is 0.442 e. The summed E-state index contributed by atoms with van der Waals surface area (Å²) >= 11 is 0. The van der Waals surface area contributed by atoms with Gasteiger partial charge in [0.15, 0.2) is 0 Å². The largest absolute Gasteiger partial charge is 0.465 e. The van der Waals surface area contributed by atoms with Crippen LogP contribution in [-0.2, 0) is 21.6 Å². The molecule has 0 bridgehead atoms. The Morgan fingerprint density at radius 1 is 1.00 bits per heavy atom. The number of carbonyl (C=O) groups excluding carboxylic acids is 2. The first kappa shape index (κ1) is 34.5. The predicted molar refractivity (Wildman–Crippen MR) is 174 cm³/mol. The summed E-state index contributed by atoms with van der Waals surface area (Å²) in [5.41, 5.74) is -0.996. The van der Waals surface area contributed by atoms with Gasteiger partial charge in [-0.1, -0.05) is 30.3 Å². The predicted octanol–water partition coefficient (Wildman–Crippen LogP) is 6.32. The van der Waals surface area contributed by atoms with E-state index in [1.54, 1.807) is 30.3 Å². The fourth-order valence-corrected chi connectivity index (χ4v) is 5.34. The van der Waals surface area contributed by atoms with E-state index in [1.165, 1.54) is 19.2 Å². The lowest BCUT2D eigenvalue weighted by molar-refractivity contribution is -0.166. The second kappa shape index (κ2) is 13.7. The Hall–Kier alpha value is -4.79. The van der Waals surface area contributed by atoms with Crippen LogP contribution in [-0.4, -0.2) is 84.0 Å². The number of amides is 1. The number of halogens is 3. The molecule has 0 saturated carbocycles. The average Bonchev–Trinajstić information content (AvgIpc) is 3.76. The Morgan fingerprint density at radius 3 is 2.40 bits per heavy atom. The lowest BCUT2D eigenvalue weighted by atomic mass is 9.99. The van der Waals surface area contributed by atoms with E-state index < -0.39 is 29.5 Å². The summed E-state index contributed by atoms with van der Waals surface area (Å²) < 4.78 is 51.1. The van der Waals surface area contributed by atoms with Crippen molar-refractivity contribution in [2.24, 2.45) is 10.2 Å². The quantitative estimate of drug-likeness (QED) is 0.111. The molecule has 2 aromatic heterocycles. The van der Waals surface area contributed by atoms with Gasteiger partial charge in [-0.2, -0.15) is 13.2 Å². The van der Waals surface area contributed by atoms with Gasteiger partial charge in [0, 0.05) is 36.0 Å². The van der Waals surface area contributed by atoms with Crippen LogP contribution >= 0.6 is 0 Å². The van der Waals surface area contributed by atoms with Gasteiger partial charge in [0.05, 0.1) is 18.1 Å². The van der Waals surface area contributed by atoms with Gasteiger partial charge in [-0.3, -0.25) is 0 Å². The Labute approximate surface area is 275 Å². The number of methoxy groups -OCH3 is 1. The molecule has 15 heteroatoms. The highest BCUT2D eigenvalue weighted by Crippen LogP contribution is 2.52. The summed E-state index contributed by atoms with van der Waals surface area (Å²) in [7, 11) is 3.32. The average molecular weight is 669 g/mol. The van der Waals surface area contributed by atoms with Crippen molar-refractivity contribution >= 4 is 39.8 Å². The normalized spacial score (nSPS) is 14.0. The third-order valence-electron chi connectivity index (χ3n) is 7.70. The van der Waals surface area contributed by atoms with Crippen LogP contribution in [0.3, 0.4) is 0 Å². The number of hydrogen-bond donors (Lipinski definition) is 3. The highest BCUT2D eigenvalue weighted by atomic mass is 19.4. The summed E-state index contributed by atoms with van der Waals surface area (Å²) in [6.45, 7) is 8.08. The van der Waals surface area contributed by atoms with Crippen molar-refractivity contribution in [2.75, 3.05) is 45.7 Å². The van der Waals surface area contributed by atoms with Crippen LogP contribution < -0.4 is 10.6 Å². The molecule has 4 aromatic rings. The van der Waals surface area contributed by atoms with Crippen LogP contribution in [0.2, 0.25) is 0 Å². The first-order valence-corrected chi connectivity index (χ1v) is 15.6. The maximum absolute atomic E-state index is 13.6. The summed E-state index contributed by atoms with van der Waals surface area (Å²) in [5.74, 6) is 0.477. The Morgan fingerprint density at radius 2 is 1.73 bits per heavy atom. The molecule has 48 heavy (non-hydrogen) atoms. The van der Waals surface area contributed by atoms with Crippen molar-refractivity contribution in [1.29, 1.82) is 0 Å². The zero-order valence-electron chi connectivity index (χ0n) is 27.5. The van der Waals surface area contributed by atoms with Crippen LogP contribution in [0.25, 0.3) is 21.9 Å². The smallest absolute Gasteiger partial charge is 0.442 e. The highest BCUT2D eigenvalue weighted by molar-refractivity contribution is 6.12. The molecule has 256 valence electrons. The van der Waals surface area contributed by atoms with E-state index >= 15 is 0 Å². The summed E-state index contributed by atoms with van der Waals surface area (Å²) in [5, 5.41) is 14.4. The number of nitrogens with one attached hydrogen (secondary N) is 3. The van der Waals surface area contributed by atoms with Gasteiger partial charge in [0.1, 0.15) is 22.9 Å². The molecule has 0 fully saturated rings. The number of H-pyrrole nitrogens is 1.